The molecule has 9 nitrogen and oxygen atoms in total. The normalized spacial score (nSPS) is 16.3. The van der Waals surface area contributed by atoms with Gasteiger partial charge in [0.2, 0.25) is 11.9 Å². The maximum absolute atomic E-state index is 13.0. The Hall–Kier alpha value is -2.88. The second-order valence-electron chi connectivity index (χ2n) is 7.47. The van der Waals surface area contributed by atoms with Crippen LogP contribution in [0.2, 0.25) is 0 Å². The van der Waals surface area contributed by atoms with Crippen molar-refractivity contribution < 1.29 is 13.2 Å². The van der Waals surface area contributed by atoms with E-state index >= 15 is 0 Å². The van der Waals surface area contributed by atoms with Gasteiger partial charge in [-0.3, -0.25) is 9.52 Å². The topological polar surface area (TPSA) is 108 Å². The van der Waals surface area contributed by atoms with Gasteiger partial charge in [-0.05, 0) is 43.0 Å². The van der Waals surface area contributed by atoms with E-state index in [1.165, 1.54) is 12.3 Å². The van der Waals surface area contributed by atoms with Crippen LogP contribution in [0.25, 0.3) is 0 Å². The van der Waals surface area contributed by atoms with E-state index in [4.69, 9.17) is 0 Å². The number of amides is 1. The van der Waals surface area contributed by atoms with Crippen molar-refractivity contribution in [2.24, 2.45) is 0 Å². The average Bonchev–Trinajstić information content (AvgIpc) is 3.22. The summed E-state index contributed by atoms with van der Waals surface area (Å²) in [6, 6.07) is 4.72. The number of benzene rings is 1. The van der Waals surface area contributed by atoms with Gasteiger partial charge in [0.25, 0.3) is 10.0 Å². The van der Waals surface area contributed by atoms with Gasteiger partial charge >= 0.3 is 0 Å². The molecule has 1 aromatic carbocycles. The zero-order valence-electron chi connectivity index (χ0n) is 16.5. The van der Waals surface area contributed by atoms with Crippen LogP contribution in [0.4, 0.5) is 23.1 Å². The fraction of sp³-hybridized carbons (Fsp3) is 0.421. The molecule has 3 heterocycles. The summed E-state index contributed by atoms with van der Waals surface area (Å²) in [5, 5.41) is 2.76. The highest BCUT2D eigenvalue weighted by atomic mass is 32.2. The Balaban J connectivity index is 1.63. The van der Waals surface area contributed by atoms with Crippen molar-refractivity contribution >= 4 is 39.1 Å². The molecule has 2 N–H and O–H groups in total. The van der Waals surface area contributed by atoms with Gasteiger partial charge < -0.3 is 15.1 Å². The number of aryl methyl sites for hydroxylation is 1. The maximum atomic E-state index is 13.0. The van der Waals surface area contributed by atoms with Gasteiger partial charge in [0.05, 0.1) is 11.1 Å². The summed E-state index contributed by atoms with van der Waals surface area (Å²) in [5.74, 6) is 1.06. The van der Waals surface area contributed by atoms with Gasteiger partial charge in [0.1, 0.15) is 5.69 Å². The summed E-state index contributed by atoms with van der Waals surface area (Å²) >= 11 is 0. The summed E-state index contributed by atoms with van der Waals surface area (Å²) in [4.78, 5) is 24.5. The van der Waals surface area contributed by atoms with E-state index in [9.17, 15) is 13.2 Å². The van der Waals surface area contributed by atoms with Crippen molar-refractivity contribution in [3.63, 3.8) is 0 Å². The van der Waals surface area contributed by atoms with Crippen LogP contribution in [0, 0.1) is 0 Å². The van der Waals surface area contributed by atoms with Crippen LogP contribution in [-0.2, 0) is 21.2 Å². The molecule has 29 heavy (non-hydrogen) atoms. The number of carbonyl (C=O) groups excluding carboxylic acids is 1. The molecule has 2 aliphatic rings. The summed E-state index contributed by atoms with van der Waals surface area (Å²) < 4.78 is 28.6. The Bertz CT molecular complexity index is 1050. The molecule has 2 aromatic rings. The lowest BCUT2D eigenvalue weighted by molar-refractivity contribution is -0.116. The molecule has 1 amide bonds. The smallest absolute Gasteiger partial charge is 0.262 e. The van der Waals surface area contributed by atoms with Crippen LogP contribution in [0.5, 0.6) is 0 Å². The van der Waals surface area contributed by atoms with Crippen molar-refractivity contribution in [1.29, 1.82) is 0 Å². The van der Waals surface area contributed by atoms with Crippen molar-refractivity contribution in [2.45, 2.75) is 30.6 Å². The van der Waals surface area contributed by atoms with Crippen molar-refractivity contribution in [1.82, 2.24) is 9.97 Å². The van der Waals surface area contributed by atoms with Crippen LogP contribution < -0.4 is 19.8 Å². The molecule has 0 aliphatic carbocycles. The molecule has 0 spiro atoms. The van der Waals surface area contributed by atoms with Gasteiger partial charge in [-0.2, -0.15) is 4.98 Å². The minimum absolute atomic E-state index is 0.0582. The molecular formula is C19H24N6O3S. The fourth-order valence-corrected chi connectivity index (χ4v) is 4.67. The first-order valence-corrected chi connectivity index (χ1v) is 11.1. The monoisotopic (exact) mass is 416 g/mol. The first kappa shape index (κ1) is 19.4. The molecule has 0 unspecified atom stereocenters. The van der Waals surface area contributed by atoms with Crippen molar-refractivity contribution in [3.8, 4) is 0 Å². The van der Waals surface area contributed by atoms with E-state index in [0.717, 1.165) is 31.5 Å². The number of fused-ring (bicyclic) bond motifs is 1. The zero-order chi connectivity index (χ0) is 20.6. The Morgan fingerprint density at radius 2 is 1.93 bits per heavy atom. The highest BCUT2D eigenvalue weighted by molar-refractivity contribution is 7.92. The molecule has 0 bridgehead atoms. The number of sulfonamides is 1. The Morgan fingerprint density at radius 1 is 1.17 bits per heavy atom. The van der Waals surface area contributed by atoms with Crippen molar-refractivity contribution in [3.05, 3.63) is 30.0 Å². The Morgan fingerprint density at radius 3 is 2.66 bits per heavy atom. The van der Waals surface area contributed by atoms with Gasteiger partial charge in [0, 0.05) is 39.3 Å². The van der Waals surface area contributed by atoms with Crippen LogP contribution in [0.3, 0.4) is 0 Å². The minimum atomic E-state index is -3.83. The SMILES string of the molecule is CN(C)c1nc(N2CCCC2)ncc1NS(=O)(=O)c1ccc2c(c1)CCC(=O)N2. The Labute approximate surface area is 170 Å². The second kappa shape index (κ2) is 7.51. The molecule has 1 aromatic heterocycles. The first-order valence-electron chi connectivity index (χ1n) is 9.58. The molecule has 4 rings (SSSR count). The molecule has 0 saturated carbocycles. The molecule has 154 valence electrons. The van der Waals surface area contributed by atoms with Crippen LogP contribution >= 0.6 is 0 Å². The second-order valence-corrected chi connectivity index (χ2v) is 9.15. The van der Waals surface area contributed by atoms with Crippen LogP contribution in [-0.4, -0.2) is 51.5 Å². The number of rotatable bonds is 5. The predicted octanol–water partition coefficient (Wildman–Crippen LogP) is 1.83. The Kier molecular flexibility index (Phi) is 5.03. The molecule has 10 heteroatoms. The molecule has 0 atom stereocenters. The first-order chi connectivity index (χ1) is 13.8. The molecular weight excluding hydrogens is 392 g/mol. The van der Waals surface area contributed by atoms with E-state index in [0.29, 0.717) is 36.0 Å². The summed E-state index contributed by atoms with van der Waals surface area (Å²) in [7, 11) is -0.201. The lowest BCUT2D eigenvalue weighted by atomic mass is 10.0. The van der Waals surface area contributed by atoms with E-state index in [-0.39, 0.29) is 10.8 Å². The zero-order valence-corrected chi connectivity index (χ0v) is 17.3. The largest absolute Gasteiger partial charge is 0.361 e. The average molecular weight is 417 g/mol. The number of nitrogens with zero attached hydrogens (tertiary/aromatic N) is 4. The number of hydrogen-bond donors (Lipinski definition) is 2. The minimum Gasteiger partial charge on any atom is -0.361 e. The lowest BCUT2D eigenvalue weighted by Gasteiger charge is -2.21. The van der Waals surface area contributed by atoms with E-state index in [1.54, 1.807) is 17.0 Å². The van der Waals surface area contributed by atoms with Gasteiger partial charge in [-0.15, -0.1) is 0 Å². The third-order valence-electron chi connectivity index (χ3n) is 5.10. The molecule has 0 radical (unpaired) electrons. The number of anilines is 4. The van der Waals surface area contributed by atoms with Crippen molar-refractivity contribution in [2.75, 3.05) is 47.0 Å². The number of nitrogens with one attached hydrogen (secondary N) is 2. The van der Waals surface area contributed by atoms with Crippen LogP contribution in [0.15, 0.2) is 29.3 Å². The highest BCUT2D eigenvalue weighted by Gasteiger charge is 2.23. The molecule has 2 aliphatic heterocycles. The standard InChI is InChI=1S/C19H24N6O3S/c1-24(2)18-16(12-20-19(22-18)25-9-3-4-10-25)23-29(27,28)14-6-7-15-13(11-14)5-8-17(26)21-15/h6-7,11-12,23H,3-5,8-10H2,1-2H3,(H,21,26). The third kappa shape index (κ3) is 3.98. The maximum Gasteiger partial charge on any atom is 0.262 e. The van der Waals surface area contributed by atoms with E-state index in [2.05, 4.69) is 24.9 Å². The highest BCUT2D eigenvalue weighted by Crippen LogP contribution is 2.30. The van der Waals surface area contributed by atoms with E-state index in [1.807, 2.05) is 14.1 Å². The summed E-state index contributed by atoms with van der Waals surface area (Å²) in [6.07, 6.45) is 4.59. The summed E-state index contributed by atoms with van der Waals surface area (Å²) in [6.45, 7) is 1.81. The van der Waals surface area contributed by atoms with Gasteiger partial charge in [0.15, 0.2) is 5.82 Å². The number of aromatic nitrogens is 2. The number of hydrogen-bond acceptors (Lipinski definition) is 7. The van der Waals surface area contributed by atoms with Crippen LogP contribution in [0.1, 0.15) is 24.8 Å². The predicted molar refractivity (Wildman–Crippen MR) is 112 cm³/mol. The van der Waals surface area contributed by atoms with Gasteiger partial charge in [-0.1, -0.05) is 0 Å². The molecule has 1 fully saturated rings. The van der Waals surface area contributed by atoms with E-state index < -0.39 is 10.0 Å². The third-order valence-corrected chi connectivity index (χ3v) is 6.46. The molecule has 1 saturated heterocycles. The lowest BCUT2D eigenvalue weighted by Crippen LogP contribution is -2.24. The summed E-state index contributed by atoms with van der Waals surface area (Å²) in [5.41, 5.74) is 1.79. The number of carbonyl (C=O) groups is 1. The van der Waals surface area contributed by atoms with Gasteiger partial charge in [-0.25, -0.2) is 13.4 Å². The quantitative estimate of drug-likeness (QED) is 0.766. The fourth-order valence-electron chi connectivity index (χ4n) is 3.58.